The van der Waals surface area contributed by atoms with E-state index in [9.17, 15) is 5.11 Å². The Hall–Kier alpha value is -0.490. The lowest BCUT2D eigenvalue weighted by Gasteiger charge is -2.12. The maximum absolute atomic E-state index is 9.88. The Morgan fingerprint density at radius 3 is 2.93 bits per heavy atom. The molecule has 1 nitrogen and oxygen atoms in total. The second kappa shape index (κ2) is 6.17. The van der Waals surface area contributed by atoms with Crippen LogP contribution >= 0.6 is 27.5 Å². The molecule has 15 heavy (non-hydrogen) atoms. The van der Waals surface area contributed by atoms with Crippen LogP contribution in [0.2, 0.25) is 5.02 Å². The van der Waals surface area contributed by atoms with Crippen LogP contribution in [0.3, 0.4) is 0 Å². The van der Waals surface area contributed by atoms with Crippen LogP contribution in [0.15, 0.2) is 22.7 Å². The Bertz CT molecular complexity index is 370. The summed E-state index contributed by atoms with van der Waals surface area (Å²) in [5.74, 6) is 2.55. The van der Waals surface area contributed by atoms with Gasteiger partial charge in [-0.15, -0.1) is 12.3 Å². The summed E-state index contributed by atoms with van der Waals surface area (Å²) in [5.41, 5.74) is 0.753. The fourth-order valence-corrected chi connectivity index (χ4v) is 1.96. The van der Waals surface area contributed by atoms with E-state index in [0.29, 0.717) is 17.9 Å². The summed E-state index contributed by atoms with van der Waals surface area (Å²) in [4.78, 5) is 0. The SMILES string of the molecule is C#CCCCC(O)c1cccc(Br)c1Cl. The third kappa shape index (κ3) is 3.53. The molecule has 0 amide bonds. The van der Waals surface area contributed by atoms with Crippen molar-refractivity contribution in [3.63, 3.8) is 0 Å². The highest BCUT2D eigenvalue weighted by Crippen LogP contribution is 2.32. The van der Waals surface area contributed by atoms with E-state index in [1.807, 2.05) is 18.2 Å². The molecule has 1 rings (SSSR count). The number of aliphatic hydroxyl groups is 1. The van der Waals surface area contributed by atoms with Crippen LogP contribution < -0.4 is 0 Å². The summed E-state index contributed by atoms with van der Waals surface area (Å²) < 4.78 is 0.803. The van der Waals surface area contributed by atoms with Gasteiger partial charge in [-0.1, -0.05) is 23.7 Å². The molecule has 1 aromatic carbocycles. The van der Waals surface area contributed by atoms with Crippen molar-refractivity contribution in [1.29, 1.82) is 0 Å². The Kier molecular flexibility index (Phi) is 5.17. The molecular weight excluding hydrogens is 275 g/mol. The highest BCUT2D eigenvalue weighted by atomic mass is 79.9. The van der Waals surface area contributed by atoms with Gasteiger partial charge in [0.25, 0.3) is 0 Å². The number of unbranched alkanes of at least 4 members (excludes halogenated alkanes) is 1. The van der Waals surface area contributed by atoms with E-state index in [2.05, 4.69) is 21.9 Å². The monoisotopic (exact) mass is 286 g/mol. The molecule has 0 bridgehead atoms. The topological polar surface area (TPSA) is 20.2 Å². The number of halogens is 2. The van der Waals surface area contributed by atoms with Crippen molar-refractivity contribution in [3.05, 3.63) is 33.3 Å². The van der Waals surface area contributed by atoms with Crippen molar-refractivity contribution < 1.29 is 5.11 Å². The van der Waals surface area contributed by atoms with Crippen molar-refractivity contribution in [1.82, 2.24) is 0 Å². The zero-order chi connectivity index (χ0) is 11.3. The summed E-state index contributed by atoms with van der Waals surface area (Å²) in [5, 5.41) is 10.5. The summed E-state index contributed by atoms with van der Waals surface area (Å²) in [6.45, 7) is 0. The van der Waals surface area contributed by atoms with Crippen LogP contribution in [0.4, 0.5) is 0 Å². The average Bonchev–Trinajstić information content (AvgIpc) is 2.22. The number of benzene rings is 1. The molecule has 0 fully saturated rings. The maximum atomic E-state index is 9.88. The smallest absolute Gasteiger partial charge is 0.0805 e. The van der Waals surface area contributed by atoms with E-state index in [0.717, 1.165) is 16.5 Å². The average molecular weight is 288 g/mol. The lowest BCUT2D eigenvalue weighted by atomic mass is 10.0. The minimum atomic E-state index is -0.539. The summed E-state index contributed by atoms with van der Waals surface area (Å²) >= 11 is 9.37. The van der Waals surface area contributed by atoms with Gasteiger partial charge >= 0.3 is 0 Å². The molecule has 0 aromatic heterocycles. The van der Waals surface area contributed by atoms with Crippen LogP contribution in [-0.2, 0) is 0 Å². The van der Waals surface area contributed by atoms with Gasteiger partial charge in [0.1, 0.15) is 0 Å². The second-order valence-corrected chi connectivity index (χ2v) is 4.49. The van der Waals surface area contributed by atoms with Gasteiger partial charge in [0.2, 0.25) is 0 Å². The predicted molar refractivity (Wildman–Crippen MR) is 66.8 cm³/mol. The molecule has 0 saturated heterocycles. The molecule has 1 aromatic rings. The molecule has 1 atom stereocenters. The molecule has 0 aliphatic rings. The quantitative estimate of drug-likeness (QED) is 0.657. The van der Waals surface area contributed by atoms with E-state index in [1.165, 1.54) is 0 Å². The van der Waals surface area contributed by atoms with Gasteiger partial charge in [-0.05, 0) is 34.8 Å². The number of hydrogen-bond donors (Lipinski definition) is 1. The molecule has 3 heteroatoms. The zero-order valence-electron chi connectivity index (χ0n) is 8.21. The van der Waals surface area contributed by atoms with Crippen molar-refractivity contribution in [2.75, 3.05) is 0 Å². The van der Waals surface area contributed by atoms with Crippen molar-refractivity contribution in [2.45, 2.75) is 25.4 Å². The molecule has 1 N–H and O–H groups in total. The summed E-state index contributed by atoms with van der Waals surface area (Å²) in [6.07, 6.45) is 6.73. The highest BCUT2D eigenvalue weighted by molar-refractivity contribution is 9.10. The summed E-state index contributed by atoms with van der Waals surface area (Å²) in [7, 11) is 0. The highest BCUT2D eigenvalue weighted by Gasteiger charge is 2.12. The van der Waals surface area contributed by atoms with Gasteiger partial charge < -0.3 is 5.11 Å². The number of aliphatic hydroxyl groups excluding tert-OH is 1. The van der Waals surface area contributed by atoms with E-state index in [1.54, 1.807) is 0 Å². The van der Waals surface area contributed by atoms with Gasteiger partial charge in [0.15, 0.2) is 0 Å². The molecule has 80 valence electrons. The van der Waals surface area contributed by atoms with Gasteiger partial charge in [-0.25, -0.2) is 0 Å². The van der Waals surface area contributed by atoms with Gasteiger partial charge in [0.05, 0.1) is 11.1 Å². The standard InChI is InChI=1S/C12H12BrClO/c1-2-3-4-8-11(15)9-6-5-7-10(13)12(9)14/h1,5-7,11,15H,3-4,8H2. The van der Waals surface area contributed by atoms with Crippen LogP contribution in [0.25, 0.3) is 0 Å². The maximum Gasteiger partial charge on any atom is 0.0805 e. The number of rotatable bonds is 4. The second-order valence-electron chi connectivity index (χ2n) is 3.26. The fraction of sp³-hybridized carbons (Fsp3) is 0.333. The Labute approximate surface area is 104 Å². The van der Waals surface area contributed by atoms with Gasteiger partial charge in [-0.2, -0.15) is 0 Å². The lowest BCUT2D eigenvalue weighted by molar-refractivity contribution is 0.165. The molecule has 0 heterocycles. The first-order chi connectivity index (χ1) is 7.16. The Morgan fingerprint density at radius 2 is 2.27 bits per heavy atom. The Balaban J connectivity index is 2.70. The first-order valence-electron chi connectivity index (χ1n) is 4.72. The first kappa shape index (κ1) is 12.6. The van der Waals surface area contributed by atoms with Gasteiger partial charge in [0, 0.05) is 16.5 Å². The predicted octanol–water partition coefficient (Wildman–Crippen LogP) is 3.94. The zero-order valence-corrected chi connectivity index (χ0v) is 10.6. The molecule has 0 aliphatic heterocycles. The normalized spacial score (nSPS) is 12.1. The van der Waals surface area contributed by atoms with E-state index in [-0.39, 0.29) is 0 Å². The summed E-state index contributed by atoms with van der Waals surface area (Å²) in [6, 6.07) is 5.53. The first-order valence-corrected chi connectivity index (χ1v) is 5.89. The van der Waals surface area contributed by atoms with Crippen LogP contribution in [0.1, 0.15) is 30.9 Å². The molecule has 0 saturated carbocycles. The van der Waals surface area contributed by atoms with Crippen molar-refractivity contribution >= 4 is 27.5 Å². The fourth-order valence-electron chi connectivity index (χ4n) is 1.33. The Morgan fingerprint density at radius 1 is 1.53 bits per heavy atom. The largest absolute Gasteiger partial charge is 0.388 e. The minimum Gasteiger partial charge on any atom is -0.388 e. The minimum absolute atomic E-state index is 0.539. The van der Waals surface area contributed by atoms with Gasteiger partial charge in [-0.3, -0.25) is 0 Å². The molecule has 0 radical (unpaired) electrons. The third-order valence-corrected chi connectivity index (χ3v) is 3.45. The van der Waals surface area contributed by atoms with Crippen molar-refractivity contribution in [3.8, 4) is 12.3 Å². The van der Waals surface area contributed by atoms with Crippen molar-refractivity contribution in [2.24, 2.45) is 0 Å². The molecule has 1 unspecified atom stereocenters. The lowest BCUT2D eigenvalue weighted by Crippen LogP contribution is -1.98. The van der Waals surface area contributed by atoms with E-state index >= 15 is 0 Å². The van der Waals surface area contributed by atoms with Crippen LogP contribution in [-0.4, -0.2) is 5.11 Å². The number of hydrogen-bond acceptors (Lipinski definition) is 1. The third-order valence-electron chi connectivity index (χ3n) is 2.14. The van der Waals surface area contributed by atoms with Crippen LogP contribution in [0, 0.1) is 12.3 Å². The molecule has 0 aliphatic carbocycles. The van der Waals surface area contributed by atoms with Crippen LogP contribution in [0.5, 0.6) is 0 Å². The van der Waals surface area contributed by atoms with E-state index < -0.39 is 6.10 Å². The van der Waals surface area contributed by atoms with E-state index in [4.69, 9.17) is 18.0 Å². The molecular formula is C12H12BrClO. The molecule has 0 spiro atoms. The number of terminal acetylenes is 1.